The molecule has 0 saturated carbocycles. The quantitative estimate of drug-likeness (QED) is 0.700. The highest BCUT2D eigenvalue weighted by Crippen LogP contribution is 2.33. The summed E-state index contributed by atoms with van der Waals surface area (Å²) >= 11 is 0. The summed E-state index contributed by atoms with van der Waals surface area (Å²) in [5.41, 5.74) is 1.25. The van der Waals surface area contributed by atoms with Crippen LogP contribution in [0, 0.1) is 0 Å². The van der Waals surface area contributed by atoms with Crippen LogP contribution in [0.4, 0.5) is 13.2 Å². The lowest BCUT2D eigenvalue weighted by Crippen LogP contribution is -2.16. The smallest absolute Gasteiger partial charge is 0.490 e. The third-order valence-corrected chi connectivity index (χ3v) is 3.40. The molecule has 0 atom stereocenters. The monoisotopic (exact) mass is 318 g/mol. The van der Waals surface area contributed by atoms with Crippen LogP contribution in [0.2, 0.25) is 0 Å². The van der Waals surface area contributed by atoms with Gasteiger partial charge in [0.2, 0.25) is 0 Å². The van der Waals surface area contributed by atoms with Crippen molar-refractivity contribution in [3.63, 3.8) is 0 Å². The lowest BCUT2D eigenvalue weighted by Gasteiger charge is -2.10. The molecule has 1 aromatic heterocycles. The summed E-state index contributed by atoms with van der Waals surface area (Å²) in [5, 5.41) is 0. The molecule has 0 fully saturated rings. The molecule has 0 aliphatic carbocycles. The highest BCUT2D eigenvalue weighted by atomic mass is 19.4. The van der Waals surface area contributed by atoms with Gasteiger partial charge in [-0.3, -0.25) is 0 Å². The molecule has 0 aliphatic heterocycles. The average Bonchev–Trinajstić information content (AvgIpc) is 3.01. The first-order valence-electron chi connectivity index (χ1n) is 6.85. The zero-order chi connectivity index (χ0) is 16.4. The van der Waals surface area contributed by atoms with Crippen molar-refractivity contribution >= 4 is 0 Å². The number of aromatic nitrogens is 2. The Morgan fingerprint density at radius 2 is 1.57 bits per heavy atom. The van der Waals surface area contributed by atoms with E-state index < -0.39 is 6.30 Å². The molecule has 1 heterocycles. The zero-order valence-corrected chi connectivity index (χ0v) is 12.2. The molecule has 118 valence electrons. The molecular weight excluding hydrogens is 305 g/mol. The Labute approximate surface area is 131 Å². The van der Waals surface area contributed by atoms with E-state index in [-0.39, 0.29) is 16.1 Å². The lowest BCUT2D eigenvalue weighted by atomic mass is 10.1. The normalized spacial score (nSPS) is 11.5. The van der Waals surface area contributed by atoms with Gasteiger partial charge in [0.1, 0.15) is 11.6 Å². The van der Waals surface area contributed by atoms with Crippen molar-refractivity contribution in [2.24, 2.45) is 0 Å². The van der Waals surface area contributed by atoms with Gasteiger partial charge in [-0.2, -0.15) is 0 Å². The number of hydrogen-bond donors (Lipinski definition) is 0. The van der Waals surface area contributed by atoms with E-state index in [1.807, 2.05) is 0 Å². The van der Waals surface area contributed by atoms with Crippen LogP contribution < -0.4 is 4.74 Å². The minimum atomic E-state index is -4.54. The van der Waals surface area contributed by atoms with Crippen LogP contribution in [0.1, 0.15) is 0 Å². The van der Waals surface area contributed by atoms with Crippen LogP contribution in [0.3, 0.4) is 0 Å². The van der Waals surface area contributed by atoms with Gasteiger partial charge in [0.15, 0.2) is 0 Å². The van der Waals surface area contributed by atoms with Crippen molar-refractivity contribution in [2.45, 2.75) is 6.30 Å². The predicted molar refractivity (Wildman–Crippen MR) is 80.9 cm³/mol. The van der Waals surface area contributed by atoms with Gasteiger partial charge in [-0.15, -0.1) is 13.2 Å². The first-order valence-corrected chi connectivity index (χ1v) is 6.85. The van der Waals surface area contributed by atoms with Crippen molar-refractivity contribution < 1.29 is 17.9 Å². The molecule has 3 aromatic rings. The highest BCUT2D eigenvalue weighted by molar-refractivity contribution is 5.65. The molecule has 0 aliphatic rings. The number of nitrogens with zero attached hydrogens (tertiary/aromatic N) is 2. The molecule has 0 spiro atoms. The molecule has 6 heteroatoms. The van der Waals surface area contributed by atoms with Gasteiger partial charge in [0, 0.05) is 17.3 Å². The second kappa shape index (κ2) is 5.79. The minimum absolute atomic E-state index is 0.135. The Morgan fingerprint density at radius 1 is 0.913 bits per heavy atom. The first-order chi connectivity index (χ1) is 11.0. The summed E-state index contributed by atoms with van der Waals surface area (Å²) < 4.78 is 45.1. The summed E-state index contributed by atoms with van der Waals surface area (Å²) in [6.45, 7) is 0. The summed E-state index contributed by atoms with van der Waals surface area (Å²) in [5.74, 6) is 0.496. The third-order valence-electron chi connectivity index (χ3n) is 3.40. The maximum Gasteiger partial charge on any atom is 0.490 e. The number of hydrogen-bond acceptors (Lipinski definition) is 2. The number of halogens is 3. The van der Waals surface area contributed by atoms with E-state index in [1.165, 1.54) is 7.11 Å². The molecule has 0 N–H and O–H groups in total. The summed E-state index contributed by atoms with van der Waals surface area (Å²) in [6.07, 6.45) is -3.53. The Kier molecular flexibility index (Phi) is 3.82. The molecule has 0 radical (unpaired) electrons. The molecule has 0 unspecified atom stereocenters. The fraction of sp³-hybridized carbons (Fsp3) is 0.118. The topological polar surface area (TPSA) is 27.1 Å². The third kappa shape index (κ3) is 3.06. The van der Waals surface area contributed by atoms with Gasteiger partial charge in [0.05, 0.1) is 12.8 Å². The average molecular weight is 318 g/mol. The number of imidazole rings is 1. The summed E-state index contributed by atoms with van der Waals surface area (Å²) in [7, 11) is 1.53. The maximum absolute atomic E-state index is 13.3. The van der Waals surface area contributed by atoms with E-state index in [0.717, 1.165) is 6.20 Å². The van der Waals surface area contributed by atoms with Gasteiger partial charge in [-0.1, -0.05) is 30.3 Å². The van der Waals surface area contributed by atoms with E-state index >= 15 is 0 Å². The van der Waals surface area contributed by atoms with Crippen molar-refractivity contribution in [1.29, 1.82) is 0 Å². The maximum atomic E-state index is 13.3. The van der Waals surface area contributed by atoms with Crippen LogP contribution in [0.25, 0.3) is 22.6 Å². The molecule has 3 nitrogen and oxygen atoms in total. The molecule has 0 saturated heterocycles. The fourth-order valence-electron chi connectivity index (χ4n) is 2.27. The van der Waals surface area contributed by atoms with Crippen molar-refractivity contribution in [3.05, 3.63) is 60.8 Å². The van der Waals surface area contributed by atoms with Gasteiger partial charge < -0.3 is 4.74 Å². The van der Waals surface area contributed by atoms with Crippen molar-refractivity contribution in [3.8, 4) is 28.4 Å². The molecule has 23 heavy (non-hydrogen) atoms. The highest BCUT2D eigenvalue weighted by Gasteiger charge is 2.34. The zero-order valence-electron chi connectivity index (χ0n) is 12.2. The van der Waals surface area contributed by atoms with E-state index in [0.29, 0.717) is 16.9 Å². The van der Waals surface area contributed by atoms with Crippen LogP contribution in [0.15, 0.2) is 60.8 Å². The van der Waals surface area contributed by atoms with Crippen LogP contribution >= 0.6 is 0 Å². The summed E-state index contributed by atoms with van der Waals surface area (Å²) in [6, 6.07) is 15.0. The van der Waals surface area contributed by atoms with Crippen molar-refractivity contribution in [2.75, 3.05) is 7.11 Å². The number of ether oxygens (including phenoxy) is 1. The number of benzene rings is 2. The van der Waals surface area contributed by atoms with Crippen LogP contribution in [-0.4, -0.2) is 16.7 Å². The molecular formula is C17H13F3N2O. The van der Waals surface area contributed by atoms with Crippen molar-refractivity contribution in [1.82, 2.24) is 9.55 Å². The van der Waals surface area contributed by atoms with Gasteiger partial charge in [-0.05, 0) is 24.3 Å². The van der Waals surface area contributed by atoms with E-state index in [9.17, 15) is 13.2 Å². The first kappa shape index (κ1) is 15.1. The second-order valence-corrected chi connectivity index (χ2v) is 4.88. The lowest BCUT2D eigenvalue weighted by molar-refractivity contribution is -0.202. The van der Waals surface area contributed by atoms with Crippen LogP contribution in [0.5, 0.6) is 5.75 Å². The van der Waals surface area contributed by atoms with Gasteiger partial charge >= 0.3 is 6.30 Å². The molecule has 0 amide bonds. The van der Waals surface area contributed by atoms with E-state index in [4.69, 9.17) is 4.74 Å². The molecule has 2 aromatic carbocycles. The fourth-order valence-corrected chi connectivity index (χ4v) is 2.27. The molecule has 0 bridgehead atoms. The number of rotatable bonds is 3. The number of alkyl halides is 3. The van der Waals surface area contributed by atoms with Gasteiger partial charge in [0.25, 0.3) is 0 Å². The Bertz CT molecular complexity index is 793. The minimum Gasteiger partial charge on any atom is -0.497 e. The Balaban J connectivity index is 2.11. The standard InChI is InChI=1S/C17H13F3N2O/c1-23-14-9-7-12(8-10-14)15-11-22(17(18,19)20)16(21-15)13-5-3-2-4-6-13/h2-11H,1H3. The molecule has 3 rings (SSSR count). The Hall–Kier alpha value is -2.76. The van der Waals surface area contributed by atoms with E-state index in [1.54, 1.807) is 54.6 Å². The largest absolute Gasteiger partial charge is 0.497 e. The summed E-state index contributed by atoms with van der Waals surface area (Å²) in [4.78, 5) is 4.17. The predicted octanol–water partition coefficient (Wildman–Crippen LogP) is 4.70. The van der Waals surface area contributed by atoms with Crippen LogP contribution in [-0.2, 0) is 6.30 Å². The van der Waals surface area contributed by atoms with Gasteiger partial charge in [-0.25, -0.2) is 9.55 Å². The Morgan fingerprint density at radius 3 is 2.13 bits per heavy atom. The van der Waals surface area contributed by atoms with E-state index in [2.05, 4.69) is 4.98 Å². The second-order valence-electron chi connectivity index (χ2n) is 4.88. The SMILES string of the molecule is COc1ccc(-c2cn(C(F)(F)F)c(-c3ccccc3)n2)cc1. The number of methoxy groups -OCH3 is 1.